The number of allylic oxidation sites excluding steroid dienone is 1. The first-order valence-corrected chi connectivity index (χ1v) is 4.97. The lowest BCUT2D eigenvalue weighted by Gasteiger charge is -2.10. The standard InChI is InChI=1S/C10H9Cl3/c1-3-6(2)7-4-5-8(11)10(13)9(7)12/h3-6H,1H2,2H3. The molecule has 70 valence electrons. The van der Waals surface area contributed by atoms with Crippen LogP contribution in [0.15, 0.2) is 24.8 Å². The zero-order chi connectivity index (χ0) is 10.0. The van der Waals surface area contributed by atoms with Crippen molar-refractivity contribution in [2.45, 2.75) is 12.8 Å². The summed E-state index contributed by atoms with van der Waals surface area (Å²) < 4.78 is 0. The molecule has 0 aliphatic carbocycles. The third-order valence-electron chi connectivity index (χ3n) is 1.91. The molecule has 1 unspecified atom stereocenters. The van der Waals surface area contributed by atoms with Gasteiger partial charge in [0, 0.05) is 5.92 Å². The summed E-state index contributed by atoms with van der Waals surface area (Å²) in [5.74, 6) is 0.183. The van der Waals surface area contributed by atoms with Gasteiger partial charge < -0.3 is 0 Å². The van der Waals surface area contributed by atoms with Gasteiger partial charge in [0.05, 0.1) is 15.1 Å². The number of rotatable bonds is 2. The van der Waals surface area contributed by atoms with Gasteiger partial charge in [0.2, 0.25) is 0 Å². The van der Waals surface area contributed by atoms with Gasteiger partial charge >= 0.3 is 0 Å². The molecule has 0 aliphatic rings. The monoisotopic (exact) mass is 234 g/mol. The minimum atomic E-state index is 0.183. The van der Waals surface area contributed by atoms with E-state index in [2.05, 4.69) is 6.58 Å². The molecule has 1 rings (SSSR count). The van der Waals surface area contributed by atoms with E-state index in [1.165, 1.54) is 0 Å². The van der Waals surface area contributed by atoms with Crippen molar-refractivity contribution in [2.24, 2.45) is 0 Å². The van der Waals surface area contributed by atoms with Crippen LogP contribution in [0.2, 0.25) is 15.1 Å². The van der Waals surface area contributed by atoms with Crippen LogP contribution >= 0.6 is 34.8 Å². The maximum atomic E-state index is 6.01. The summed E-state index contributed by atoms with van der Waals surface area (Å²) >= 11 is 17.7. The van der Waals surface area contributed by atoms with Crippen LogP contribution in [0.3, 0.4) is 0 Å². The molecule has 0 fully saturated rings. The summed E-state index contributed by atoms with van der Waals surface area (Å²) in [4.78, 5) is 0. The van der Waals surface area contributed by atoms with E-state index in [-0.39, 0.29) is 5.92 Å². The highest BCUT2D eigenvalue weighted by molar-refractivity contribution is 6.48. The van der Waals surface area contributed by atoms with Gasteiger partial charge in [0.15, 0.2) is 0 Å². The fraction of sp³-hybridized carbons (Fsp3) is 0.200. The molecule has 3 heteroatoms. The van der Waals surface area contributed by atoms with Gasteiger partial charge in [-0.05, 0) is 11.6 Å². The van der Waals surface area contributed by atoms with Gasteiger partial charge in [0.25, 0.3) is 0 Å². The van der Waals surface area contributed by atoms with Gasteiger partial charge in [-0.15, -0.1) is 6.58 Å². The van der Waals surface area contributed by atoms with E-state index in [4.69, 9.17) is 34.8 Å². The van der Waals surface area contributed by atoms with Crippen LogP contribution in [0.4, 0.5) is 0 Å². The molecule has 13 heavy (non-hydrogen) atoms. The zero-order valence-corrected chi connectivity index (χ0v) is 9.42. The van der Waals surface area contributed by atoms with Crippen molar-refractivity contribution < 1.29 is 0 Å². The van der Waals surface area contributed by atoms with Gasteiger partial charge in [-0.3, -0.25) is 0 Å². The SMILES string of the molecule is C=CC(C)c1ccc(Cl)c(Cl)c1Cl. The second kappa shape index (κ2) is 4.36. The molecule has 1 aromatic rings. The van der Waals surface area contributed by atoms with Crippen molar-refractivity contribution in [3.8, 4) is 0 Å². The molecule has 0 spiro atoms. The Kier molecular flexibility index (Phi) is 3.66. The van der Waals surface area contributed by atoms with Crippen LogP contribution in [-0.4, -0.2) is 0 Å². The predicted octanol–water partition coefficient (Wildman–Crippen LogP) is 4.94. The lowest BCUT2D eigenvalue weighted by Crippen LogP contribution is -1.90. The van der Waals surface area contributed by atoms with Crippen LogP contribution < -0.4 is 0 Å². The van der Waals surface area contributed by atoms with Crippen molar-refractivity contribution in [2.75, 3.05) is 0 Å². The molecule has 0 N–H and O–H groups in total. The molecule has 0 aliphatic heterocycles. The van der Waals surface area contributed by atoms with E-state index < -0.39 is 0 Å². The molecule has 1 atom stereocenters. The Morgan fingerprint density at radius 3 is 2.38 bits per heavy atom. The van der Waals surface area contributed by atoms with Crippen molar-refractivity contribution in [3.05, 3.63) is 45.4 Å². The van der Waals surface area contributed by atoms with Crippen LogP contribution in [0.5, 0.6) is 0 Å². The predicted molar refractivity (Wildman–Crippen MR) is 60.1 cm³/mol. The van der Waals surface area contributed by atoms with Gasteiger partial charge in [0.1, 0.15) is 0 Å². The lowest BCUT2D eigenvalue weighted by atomic mass is 10.0. The average Bonchev–Trinajstić information content (AvgIpc) is 2.13. The summed E-state index contributed by atoms with van der Waals surface area (Å²) in [6.07, 6.45) is 1.81. The number of hydrogen-bond acceptors (Lipinski definition) is 0. The molecule has 0 aromatic heterocycles. The van der Waals surface area contributed by atoms with E-state index in [0.29, 0.717) is 15.1 Å². The minimum absolute atomic E-state index is 0.183. The second-order valence-corrected chi connectivity index (χ2v) is 3.95. The number of hydrogen-bond donors (Lipinski definition) is 0. The van der Waals surface area contributed by atoms with Crippen LogP contribution in [0.1, 0.15) is 18.4 Å². The molecule has 0 amide bonds. The van der Waals surface area contributed by atoms with Gasteiger partial charge in [-0.2, -0.15) is 0 Å². The minimum Gasteiger partial charge on any atom is -0.102 e. The zero-order valence-electron chi connectivity index (χ0n) is 7.15. The fourth-order valence-electron chi connectivity index (χ4n) is 1.02. The quantitative estimate of drug-likeness (QED) is 0.503. The third-order valence-corrected chi connectivity index (χ3v) is 3.22. The molecular formula is C10H9Cl3. The van der Waals surface area contributed by atoms with E-state index in [9.17, 15) is 0 Å². The molecule has 1 aromatic carbocycles. The Morgan fingerprint density at radius 1 is 1.23 bits per heavy atom. The Bertz CT molecular complexity index is 331. The lowest BCUT2D eigenvalue weighted by molar-refractivity contribution is 0.972. The first kappa shape index (κ1) is 10.9. The Hall–Kier alpha value is -0.170. The topological polar surface area (TPSA) is 0 Å². The summed E-state index contributed by atoms with van der Waals surface area (Å²) in [7, 11) is 0. The maximum absolute atomic E-state index is 6.01. The average molecular weight is 236 g/mol. The van der Waals surface area contributed by atoms with Gasteiger partial charge in [-0.1, -0.05) is 53.9 Å². The van der Waals surface area contributed by atoms with E-state index in [1.54, 1.807) is 6.07 Å². The smallest absolute Gasteiger partial charge is 0.0781 e. The van der Waals surface area contributed by atoms with Crippen molar-refractivity contribution in [1.29, 1.82) is 0 Å². The Balaban J connectivity index is 3.25. The van der Waals surface area contributed by atoms with Gasteiger partial charge in [-0.25, -0.2) is 0 Å². The van der Waals surface area contributed by atoms with Crippen LogP contribution in [0.25, 0.3) is 0 Å². The molecule has 0 bridgehead atoms. The van der Waals surface area contributed by atoms with E-state index >= 15 is 0 Å². The molecule has 0 saturated heterocycles. The highest BCUT2D eigenvalue weighted by Crippen LogP contribution is 2.36. The maximum Gasteiger partial charge on any atom is 0.0781 e. The number of benzene rings is 1. The number of halogens is 3. The molecule has 0 heterocycles. The Labute approximate surface area is 93.1 Å². The largest absolute Gasteiger partial charge is 0.102 e. The fourth-order valence-corrected chi connectivity index (χ4v) is 1.73. The van der Waals surface area contributed by atoms with Crippen molar-refractivity contribution in [1.82, 2.24) is 0 Å². The van der Waals surface area contributed by atoms with E-state index in [1.807, 2.05) is 19.1 Å². The third kappa shape index (κ3) is 2.19. The normalized spacial score (nSPS) is 12.6. The first-order valence-electron chi connectivity index (χ1n) is 3.84. The highest BCUT2D eigenvalue weighted by atomic mass is 35.5. The molecular weight excluding hydrogens is 226 g/mol. The first-order chi connectivity index (χ1) is 6.07. The molecule has 0 nitrogen and oxygen atoms in total. The molecule has 0 radical (unpaired) electrons. The summed E-state index contributed by atoms with van der Waals surface area (Å²) in [5.41, 5.74) is 0.950. The van der Waals surface area contributed by atoms with Crippen LogP contribution in [-0.2, 0) is 0 Å². The Morgan fingerprint density at radius 2 is 1.85 bits per heavy atom. The van der Waals surface area contributed by atoms with Crippen LogP contribution in [0, 0.1) is 0 Å². The van der Waals surface area contributed by atoms with Crippen molar-refractivity contribution in [3.63, 3.8) is 0 Å². The highest BCUT2D eigenvalue weighted by Gasteiger charge is 2.11. The summed E-state index contributed by atoms with van der Waals surface area (Å²) in [5, 5.41) is 1.41. The van der Waals surface area contributed by atoms with Crippen molar-refractivity contribution >= 4 is 34.8 Å². The summed E-state index contributed by atoms with van der Waals surface area (Å²) in [6.45, 7) is 5.69. The molecule has 0 saturated carbocycles. The van der Waals surface area contributed by atoms with E-state index in [0.717, 1.165) is 5.56 Å². The second-order valence-electron chi connectivity index (χ2n) is 2.79. The summed E-state index contributed by atoms with van der Waals surface area (Å²) in [6, 6.07) is 3.61.